The van der Waals surface area contributed by atoms with Crippen LogP contribution in [0.5, 0.6) is 0 Å². The molecule has 0 aromatic heterocycles. The Labute approximate surface area is 410 Å². The first kappa shape index (κ1) is 63.8. The van der Waals surface area contributed by atoms with Crippen molar-refractivity contribution >= 4 is 11.9 Å². The molecular formula is C60H111NO5. The van der Waals surface area contributed by atoms with Gasteiger partial charge in [0, 0.05) is 12.8 Å². The molecule has 0 heterocycles. The molecule has 0 aliphatic heterocycles. The number of hydrogen-bond acceptors (Lipinski definition) is 5. The molecule has 3 N–H and O–H groups in total. The van der Waals surface area contributed by atoms with Gasteiger partial charge in [-0.15, -0.1) is 0 Å². The molecule has 0 fully saturated rings. The molecule has 0 aliphatic rings. The van der Waals surface area contributed by atoms with E-state index >= 15 is 0 Å². The molecule has 2 unspecified atom stereocenters. The number of aliphatic hydroxyl groups excluding tert-OH is 2. The highest BCUT2D eigenvalue weighted by atomic mass is 16.5. The van der Waals surface area contributed by atoms with Gasteiger partial charge in [-0.05, 0) is 89.9 Å². The fourth-order valence-corrected chi connectivity index (χ4v) is 8.60. The van der Waals surface area contributed by atoms with E-state index in [1.54, 1.807) is 6.08 Å². The molecule has 2 atom stereocenters. The van der Waals surface area contributed by atoms with Crippen LogP contribution in [-0.2, 0) is 14.3 Å². The molecule has 0 aromatic rings. The number of carbonyl (C=O) groups excluding carboxylic acids is 2. The van der Waals surface area contributed by atoms with Crippen LogP contribution in [0.1, 0.15) is 296 Å². The summed E-state index contributed by atoms with van der Waals surface area (Å²) in [5, 5.41) is 23.1. The molecule has 0 aliphatic carbocycles. The summed E-state index contributed by atoms with van der Waals surface area (Å²) >= 11 is 0. The van der Waals surface area contributed by atoms with E-state index in [1.807, 2.05) is 6.08 Å². The topological polar surface area (TPSA) is 95.9 Å². The summed E-state index contributed by atoms with van der Waals surface area (Å²) in [4.78, 5) is 24.5. The number of allylic oxidation sites excluding steroid dienone is 7. The molecule has 0 radical (unpaired) electrons. The van der Waals surface area contributed by atoms with Gasteiger partial charge in [-0.1, -0.05) is 242 Å². The molecule has 0 spiro atoms. The summed E-state index contributed by atoms with van der Waals surface area (Å²) in [6.45, 7) is 4.84. The summed E-state index contributed by atoms with van der Waals surface area (Å²) in [5.74, 6) is -0.125. The SMILES string of the molecule is CCCCCC/C=C\C/C=C\CCCCCCCC(=O)OCCCCCCCC/C=C\CCCCCC(=O)NC(CO)C(O)/C=C/CCCCCCCCCCCCCCCCCCCC. The van der Waals surface area contributed by atoms with Crippen LogP contribution < -0.4 is 5.32 Å². The highest BCUT2D eigenvalue weighted by Gasteiger charge is 2.18. The van der Waals surface area contributed by atoms with Gasteiger partial charge < -0.3 is 20.3 Å². The number of hydrogen-bond donors (Lipinski definition) is 3. The van der Waals surface area contributed by atoms with Crippen molar-refractivity contribution in [1.82, 2.24) is 5.32 Å². The van der Waals surface area contributed by atoms with Gasteiger partial charge in [-0.3, -0.25) is 9.59 Å². The summed E-state index contributed by atoms with van der Waals surface area (Å²) < 4.78 is 5.46. The van der Waals surface area contributed by atoms with Gasteiger partial charge in [0.15, 0.2) is 0 Å². The lowest BCUT2D eigenvalue weighted by molar-refractivity contribution is -0.143. The fraction of sp³-hybridized carbons (Fsp3) is 0.833. The second-order valence-corrected chi connectivity index (χ2v) is 19.6. The van der Waals surface area contributed by atoms with E-state index in [2.05, 4.69) is 55.6 Å². The minimum absolute atomic E-state index is 0.0277. The van der Waals surface area contributed by atoms with Crippen LogP contribution in [0.4, 0.5) is 0 Å². The van der Waals surface area contributed by atoms with Gasteiger partial charge in [-0.25, -0.2) is 0 Å². The second-order valence-electron chi connectivity index (χ2n) is 19.6. The van der Waals surface area contributed by atoms with Crippen molar-refractivity contribution in [3.63, 3.8) is 0 Å². The van der Waals surface area contributed by atoms with E-state index in [1.165, 1.54) is 186 Å². The molecule has 6 heteroatoms. The lowest BCUT2D eigenvalue weighted by Crippen LogP contribution is -2.45. The zero-order valence-corrected chi connectivity index (χ0v) is 43.9. The molecule has 6 nitrogen and oxygen atoms in total. The van der Waals surface area contributed by atoms with Crippen molar-refractivity contribution in [3.05, 3.63) is 48.6 Å². The van der Waals surface area contributed by atoms with Crippen molar-refractivity contribution in [3.8, 4) is 0 Å². The molecule has 0 rings (SSSR count). The molecule has 1 amide bonds. The Hall–Kier alpha value is -2.18. The quantitative estimate of drug-likeness (QED) is 0.0321. The van der Waals surface area contributed by atoms with Crippen LogP contribution in [0, 0.1) is 0 Å². The average Bonchev–Trinajstić information content (AvgIpc) is 3.32. The normalized spacial score (nSPS) is 13.0. The minimum atomic E-state index is -0.864. The maximum Gasteiger partial charge on any atom is 0.305 e. The third-order valence-electron chi connectivity index (χ3n) is 13.1. The molecular weight excluding hydrogens is 815 g/mol. The smallest absolute Gasteiger partial charge is 0.305 e. The van der Waals surface area contributed by atoms with Crippen LogP contribution in [0.3, 0.4) is 0 Å². The van der Waals surface area contributed by atoms with E-state index in [0.717, 1.165) is 83.5 Å². The van der Waals surface area contributed by atoms with Crippen molar-refractivity contribution in [1.29, 1.82) is 0 Å². The highest BCUT2D eigenvalue weighted by Crippen LogP contribution is 2.16. The fourth-order valence-electron chi connectivity index (χ4n) is 8.60. The van der Waals surface area contributed by atoms with Crippen LogP contribution in [0.25, 0.3) is 0 Å². The third kappa shape index (κ3) is 51.2. The monoisotopic (exact) mass is 926 g/mol. The largest absolute Gasteiger partial charge is 0.466 e. The van der Waals surface area contributed by atoms with Crippen molar-refractivity contribution < 1.29 is 24.5 Å². The van der Waals surface area contributed by atoms with Crippen molar-refractivity contribution in [2.24, 2.45) is 0 Å². The zero-order valence-electron chi connectivity index (χ0n) is 43.9. The molecule has 0 bridgehead atoms. The Morgan fingerprint density at radius 3 is 1.20 bits per heavy atom. The average molecular weight is 927 g/mol. The minimum Gasteiger partial charge on any atom is -0.466 e. The van der Waals surface area contributed by atoms with E-state index in [0.29, 0.717) is 19.4 Å². The standard InChI is InChI=1S/C60H111NO5/c1-3-5-7-9-11-13-15-17-19-21-22-23-24-25-28-32-36-40-44-48-52-58(63)57(56-62)61-59(64)53-49-45-41-37-33-29-27-31-35-39-43-47-51-55-66-60(65)54-50-46-42-38-34-30-26-20-18-16-14-12-10-8-6-4-2/h14,16,20,26,29,33,48,52,57-58,62-63H,3-13,15,17-19,21-25,27-28,30-32,34-47,49-51,53-56H2,1-2H3,(H,61,64)/b16-14-,26-20-,33-29-,52-48+. The highest BCUT2D eigenvalue weighted by molar-refractivity contribution is 5.76. The van der Waals surface area contributed by atoms with E-state index in [4.69, 9.17) is 4.74 Å². The first-order valence-electron chi connectivity index (χ1n) is 28.9. The Morgan fingerprint density at radius 1 is 0.424 bits per heavy atom. The summed E-state index contributed by atoms with van der Waals surface area (Å²) in [5.41, 5.74) is 0. The molecule has 0 aromatic carbocycles. The molecule has 386 valence electrons. The maximum atomic E-state index is 12.5. The Morgan fingerprint density at radius 2 is 0.758 bits per heavy atom. The Kier molecular flexibility index (Phi) is 53.6. The van der Waals surface area contributed by atoms with Crippen LogP contribution >= 0.6 is 0 Å². The lowest BCUT2D eigenvalue weighted by atomic mass is 10.0. The van der Waals surface area contributed by atoms with Crippen molar-refractivity contribution in [2.45, 2.75) is 309 Å². The number of amides is 1. The van der Waals surface area contributed by atoms with Gasteiger partial charge in [0.05, 0.1) is 25.4 Å². The van der Waals surface area contributed by atoms with E-state index < -0.39 is 12.1 Å². The predicted octanol–water partition coefficient (Wildman–Crippen LogP) is 17.8. The van der Waals surface area contributed by atoms with Crippen LogP contribution in [0.15, 0.2) is 48.6 Å². The molecule has 0 saturated heterocycles. The zero-order chi connectivity index (χ0) is 47.9. The summed E-state index contributed by atoms with van der Waals surface area (Å²) in [7, 11) is 0. The van der Waals surface area contributed by atoms with E-state index in [9.17, 15) is 19.8 Å². The summed E-state index contributed by atoms with van der Waals surface area (Å²) in [6.07, 6.45) is 69.8. The van der Waals surface area contributed by atoms with Gasteiger partial charge >= 0.3 is 5.97 Å². The number of nitrogens with one attached hydrogen (secondary N) is 1. The van der Waals surface area contributed by atoms with E-state index in [-0.39, 0.29) is 18.5 Å². The van der Waals surface area contributed by atoms with Crippen LogP contribution in [-0.4, -0.2) is 47.4 Å². The first-order valence-corrected chi connectivity index (χ1v) is 28.9. The van der Waals surface area contributed by atoms with Gasteiger partial charge in [0.1, 0.15) is 0 Å². The number of unbranched alkanes of at least 4 members (excludes halogenated alkanes) is 36. The number of esters is 1. The number of ether oxygens (including phenoxy) is 1. The van der Waals surface area contributed by atoms with Crippen molar-refractivity contribution in [2.75, 3.05) is 13.2 Å². The summed E-state index contributed by atoms with van der Waals surface area (Å²) in [6, 6.07) is -0.650. The van der Waals surface area contributed by atoms with Gasteiger partial charge in [0.2, 0.25) is 5.91 Å². The lowest BCUT2D eigenvalue weighted by Gasteiger charge is -2.19. The van der Waals surface area contributed by atoms with Gasteiger partial charge in [0.25, 0.3) is 0 Å². The maximum absolute atomic E-state index is 12.5. The number of aliphatic hydroxyl groups is 2. The second kappa shape index (κ2) is 55.4. The Balaban J connectivity index is 3.54. The van der Waals surface area contributed by atoms with Crippen LogP contribution in [0.2, 0.25) is 0 Å². The molecule has 66 heavy (non-hydrogen) atoms. The first-order chi connectivity index (χ1) is 32.5. The van der Waals surface area contributed by atoms with Gasteiger partial charge in [-0.2, -0.15) is 0 Å². The number of carbonyl (C=O) groups is 2. The molecule has 0 saturated carbocycles. The number of rotatable bonds is 53. The Bertz CT molecular complexity index is 1110. The third-order valence-corrected chi connectivity index (χ3v) is 13.1. The predicted molar refractivity (Wildman–Crippen MR) is 287 cm³/mol.